The van der Waals surface area contributed by atoms with Gasteiger partial charge in [0.2, 0.25) is 0 Å². The highest BCUT2D eigenvalue weighted by Crippen LogP contribution is 2.20. The number of carbonyl (C=O) groups excluding carboxylic acids is 1. The number of hydrogen-bond donors (Lipinski definition) is 2. The fourth-order valence-corrected chi connectivity index (χ4v) is 3.46. The van der Waals surface area contributed by atoms with Crippen LogP contribution in [0.15, 0.2) is 40.5 Å². The Labute approximate surface area is 142 Å². The number of nitrogens with zero attached hydrogens (tertiary/aromatic N) is 2. The first kappa shape index (κ1) is 16.4. The Hall–Kier alpha value is -2.51. The Morgan fingerprint density at radius 1 is 1.29 bits per heavy atom. The van der Waals surface area contributed by atoms with Gasteiger partial charge in [0, 0.05) is 16.8 Å². The smallest absolute Gasteiger partial charge is 0.275 e. The number of thiophene rings is 1. The number of hydrogen-bond acceptors (Lipinski definition) is 5. The average Bonchev–Trinajstić information content (AvgIpc) is 2.99. The quantitative estimate of drug-likeness (QED) is 0.741. The molecule has 1 amide bonds. The minimum Gasteiger partial charge on any atom is -0.395 e. The molecule has 0 radical (unpaired) electrons. The van der Waals surface area contributed by atoms with E-state index < -0.39 is 0 Å². The first-order valence-electron chi connectivity index (χ1n) is 7.52. The predicted molar refractivity (Wildman–Crippen MR) is 93.2 cm³/mol. The van der Waals surface area contributed by atoms with Crippen molar-refractivity contribution in [3.05, 3.63) is 62.2 Å². The van der Waals surface area contributed by atoms with E-state index in [0.29, 0.717) is 17.3 Å². The van der Waals surface area contributed by atoms with Crippen molar-refractivity contribution < 1.29 is 9.90 Å². The number of aromatic nitrogens is 2. The monoisotopic (exact) mass is 343 g/mol. The molecule has 0 saturated carbocycles. The lowest BCUT2D eigenvalue weighted by atomic mass is 10.1. The van der Waals surface area contributed by atoms with E-state index in [1.165, 1.54) is 0 Å². The van der Waals surface area contributed by atoms with Crippen LogP contribution in [-0.4, -0.2) is 39.3 Å². The Kier molecular flexibility index (Phi) is 4.73. The summed E-state index contributed by atoms with van der Waals surface area (Å²) in [6, 6.07) is 8.87. The van der Waals surface area contributed by atoms with E-state index in [-0.39, 0.29) is 30.3 Å². The van der Waals surface area contributed by atoms with Crippen LogP contribution >= 0.6 is 11.3 Å². The number of aliphatic hydroxyl groups excluding tert-OH is 1. The summed E-state index contributed by atoms with van der Waals surface area (Å²) in [5, 5.41) is 18.6. The summed E-state index contributed by atoms with van der Waals surface area (Å²) >= 11 is 1.57. The van der Waals surface area contributed by atoms with Gasteiger partial charge in [0.15, 0.2) is 5.69 Å². The number of nitrogens with one attached hydrogen (secondary N) is 1. The van der Waals surface area contributed by atoms with Crippen LogP contribution in [0.25, 0.3) is 10.8 Å². The summed E-state index contributed by atoms with van der Waals surface area (Å²) in [5.41, 5.74) is 0.966. The van der Waals surface area contributed by atoms with Gasteiger partial charge < -0.3 is 10.0 Å². The second kappa shape index (κ2) is 6.94. The number of aromatic amines is 1. The van der Waals surface area contributed by atoms with Gasteiger partial charge in [-0.25, -0.2) is 5.10 Å². The van der Waals surface area contributed by atoms with Gasteiger partial charge in [-0.1, -0.05) is 18.2 Å². The van der Waals surface area contributed by atoms with E-state index >= 15 is 0 Å². The molecule has 0 unspecified atom stereocenters. The van der Waals surface area contributed by atoms with Crippen LogP contribution < -0.4 is 5.56 Å². The van der Waals surface area contributed by atoms with Crippen LogP contribution in [0.3, 0.4) is 0 Å². The third-order valence-corrected chi connectivity index (χ3v) is 4.87. The average molecular weight is 343 g/mol. The molecular formula is C17H17N3O3S. The lowest BCUT2D eigenvalue weighted by Gasteiger charge is -2.21. The zero-order chi connectivity index (χ0) is 17.1. The molecule has 0 aliphatic carbocycles. The number of rotatable bonds is 5. The van der Waals surface area contributed by atoms with Gasteiger partial charge in [-0.15, -0.1) is 11.3 Å². The van der Waals surface area contributed by atoms with Gasteiger partial charge >= 0.3 is 0 Å². The molecular weight excluding hydrogens is 326 g/mol. The topological polar surface area (TPSA) is 86.3 Å². The summed E-state index contributed by atoms with van der Waals surface area (Å²) in [6.07, 6.45) is 0. The molecule has 3 rings (SSSR count). The van der Waals surface area contributed by atoms with Gasteiger partial charge in [-0.3, -0.25) is 9.59 Å². The van der Waals surface area contributed by atoms with Crippen molar-refractivity contribution in [3.8, 4) is 0 Å². The number of amides is 1. The molecule has 7 heteroatoms. The minimum atomic E-state index is -0.329. The maximum absolute atomic E-state index is 12.9. The van der Waals surface area contributed by atoms with Gasteiger partial charge in [0.25, 0.3) is 11.5 Å². The van der Waals surface area contributed by atoms with E-state index in [1.807, 2.05) is 18.4 Å². The van der Waals surface area contributed by atoms with Gasteiger partial charge in [-0.05, 0) is 30.0 Å². The second-order valence-electron chi connectivity index (χ2n) is 5.42. The third-order valence-electron chi connectivity index (χ3n) is 3.86. The van der Waals surface area contributed by atoms with E-state index in [0.717, 1.165) is 10.4 Å². The SMILES string of the molecule is Cc1ccsc1CN(CCO)C(=O)c1n[nH]c(=O)c2ccccc12. The van der Waals surface area contributed by atoms with Gasteiger partial charge in [0.1, 0.15) is 0 Å². The standard InChI is InChI=1S/C17H17N3O3S/c1-11-6-9-24-14(11)10-20(7-8-21)17(23)15-12-4-2-3-5-13(12)16(22)19-18-15/h2-6,9,21H,7-8,10H2,1H3,(H,19,22). The zero-order valence-electron chi connectivity index (χ0n) is 13.2. The van der Waals surface area contributed by atoms with E-state index in [9.17, 15) is 14.7 Å². The first-order chi connectivity index (χ1) is 11.6. The van der Waals surface area contributed by atoms with Gasteiger partial charge in [-0.2, -0.15) is 5.10 Å². The number of aryl methyl sites for hydroxylation is 1. The van der Waals surface area contributed by atoms with Gasteiger partial charge in [0.05, 0.1) is 18.5 Å². The molecule has 0 fully saturated rings. The Balaban J connectivity index is 2.00. The molecule has 0 saturated heterocycles. The van der Waals surface area contributed by atoms with E-state index in [2.05, 4.69) is 10.2 Å². The number of aliphatic hydroxyl groups is 1. The fraction of sp³-hybridized carbons (Fsp3) is 0.235. The summed E-state index contributed by atoms with van der Waals surface area (Å²) in [5.74, 6) is -0.315. The molecule has 6 nitrogen and oxygen atoms in total. The van der Waals surface area contributed by atoms with Crippen LogP contribution in [-0.2, 0) is 6.54 Å². The van der Waals surface area contributed by atoms with Crippen molar-refractivity contribution >= 4 is 28.0 Å². The Morgan fingerprint density at radius 2 is 2.04 bits per heavy atom. The maximum atomic E-state index is 12.9. The van der Waals surface area contributed by atoms with Crippen molar-refractivity contribution in [1.29, 1.82) is 0 Å². The molecule has 2 aromatic heterocycles. The normalized spacial score (nSPS) is 10.9. The molecule has 0 aliphatic heterocycles. The Morgan fingerprint density at radius 3 is 2.71 bits per heavy atom. The third kappa shape index (κ3) is 3.08. The molecule has 1 aromatic carbocycles. The van der Waals surface area contributed by atoms with Crippen molar-refractivity contribution in [2.75, 3.05) is 13.2 Å². The van der Waals surface area contributed by atoms with Crippen LogP contribution in [0.1, 0.15) is 20.9 Å². The molecule has 3 aromatic rings. The number of H-pyrrole nitrogens is 1. The Bertz CT molecular complexity index is 932. The molecule has 0 bridgehead atoms. The summed E-state index contributed by atoms with van der Waals surface area (Å²) in [7, 11) is 0. The second-order valence-corrected chi connectivity index (χ2v) is 6.42. The molecule has 0 spiro atoms. The van der Waals surface area contributed by atoms with Crippen molar-refractivity contribution in [3.63, 3.8) is 0 Å². The highest BCUT2D eigenvalue weighted by atomic mass is 32.1. The lowest BCUT2D eigenvalue weighted by molar-refractivity contribution is 0.0704. The van der Waals surface area contributed by atoms with Crippen molar-refractivity contribution in [2.45, 2.75) is 13.5 Å². The van der Waals surface area contributed by atoms with E-state index in [4.69, 9.17) is 0 Å². The highest BCUT2D eigenvalue weighted by molar-refractivity contribution is 7.10. The molecule has 24 heavy (non-hydrogen) atoms. The van der Waals surface area contributed by atoms with Crippen LogP contribution in [0.5, 0.6) is 0 Å². The molecule has 2 heterocycles. The number of fused-ring (bicyclic) bond motifs is 1. The van der Waals surface area contributed by atoms with Crippen molar-refractivity contribution in [1.82, 2.24) is 15.1 Å². The highest BCUT2D eigenvalue weighted by Gasteiger charge is 2.21. The zero-order valence-corrected chi connectivity index (χ0v) is 14.0. The number of benzene rings is 1. The molecule has 124 valence electrons. The van der Waals surface area contributed by atoms with E-state index in [1.54, 1.807) is 40.5 Å². The largest absolute Gasteiger partial charge is 0.395 e. The van der Waals surface area contributed by atoms with Crippen LogP contribution in [0.4, 0.5) is 0 Å². The van der Waals surface area contributed by atoms with Crippen LogP contribution in [0.2, 0.25) is 0 Å². The fourth-order valence-electron chi connectivity index (χ4n) is 2.54. The first-order valence-corrected chi connectivity index (χ1v) is 8.40. The summed E-state index contributed by atoms with van der Waals surface area (Å²) in [4.78, 5) is 27.4. The predicted octanol–water partition coefficient (Wildman–Crippen LogP) is 1.93. The molecule has 0 aliphatic rings. The molecule has 0 atom stereocenters. The van der Waals surface area contributed by atoms with Crippen molar-refractivity contribution in [2.24, 2.45) is 0 Å². The summed E-state index contributed by atoms with van der Waals surface area (Å²) in [6.45, 7) is 2.45. The molecule has 2 N–H and O–H groups in total. The maximum Gasteiger partial charge on any atom is 0.275 e. The lowest BCUT2D eigenvalue weighted by Crippen LogP contribution is -2.34. The van der Waals surface area contributed by atoms with Crippen LogP contribution in [0, 0.1) is 6.92 Å². The number of carbonyl (C=O) groups is 1. The minimum absolute atomic E-state index is 0.141. The summed E-state index contributed by atoms with van der Waals surface area (Å²) < 4.78 is 0.